The smallest absolute Gasteiger partial charge is 0.223 e. The molecule has 0 saturated heterocycles. The highest BCUT2D eigenvalue weighted by molar-refractivity contribution is 14.0. The molecule has 1 aliphatic rings. The second-order valence-corrected chi connectivity index (χ2v) is 6.02. The molecule has 0 heterocycles. The van der Waals surface area contributed by atoms with Gasteiger partial charge in [0.05, 0.1) is 0 Å². The third kappa shape index (κ3) is 8.94. The highest BCUT2D eigenvalue weighted by atomic mass is 127. The van der Waals surface area contributed by atoms with E-state index in [0.29, 0.717) is 18.8 Å². The van der Waals surface area contributed by atoms with Crippen LogP contribution >= 0.6 is 24.0 Å². The van der Waals surface area contributed by atoms with E-state index >= 15 is 0 Å². The molecule has 4 N–H and O–H groups in total. The Morgan fingerprint density at radius 1 is 1.16 bits per heavy atom. The summed E-state index contributed by atoms with van der Waals surface area (Å²) in [6.45, 7) is 4.85. The largest absolute Gasteiger partial charge is 0.508 e. The number of benzene rings is 1. The molecule has 0 radical (unpaired) electrons. The zero-order valence-corrected chi connectivity index (χ0v) is 17.1. The molecule has 0 aromatic heterocycles. The molecule has 25 heavy (non-hydrogen) atoms. The minimum absolute atomic E-state index is 0. The van der Waals surface area contributed by atoms with Crippen molar-refractivity contribution in [2.24, 2.45) is 10.9 Å². The standard InChI is InChI=1S/C18H28N4O2.HI/c1-2-19-18(22-13-12-20-17(24)15-7-8-15)21-11-3-4-14-5-9-16(23)10-6-14;/h5-6,9-10,15,23H,2-4,7-8,11-13H2,1H3,(H,20,24)(H2,19,21,22);1H. The lowest BCUT2D eigenvalue weighted by Crippen LogP contribution is -2.41. The van der Waals surface area contributed by atoms with Crippen molar-refractivity contribution >= 4 is 35.8 Å². The van der Waals surface area contributed by atoms with Crippen LogP contribution in [0.5, 0.6) is 5.75 Å². The monoisotopic (exact) mass is 460 g/mol. The highest BCUT2D eigenvalue weighted by Crippen LogP contribution is 2.28. The number of aromatic hydroxyl groups is 1. The molecule has 0 bridgehead atoms. The minimum Gasteiger partial charge on any atom is -0.508 e. The van der Waals surface area contributed by atoms with Crippen molar-refractivity contribution in [3.63, 3.8) is 0 Å². The summed E-state index contributed by atoms with van der Waals surface area (Å²) in [4.78, 5) is 16.1. The van der Waals surface area contributed by atoms with Crippen molar-refractivity contribution in [2.75, 3.05) is 26.2 Å². The number of aliphatic imine (C=N–C) groups is 1. The summed E-state index contributed by atoms with van der Waals surface area (Å²) in [5.74, 6) is 1.51. The van der Waals surface area contributed by atoms with Gasteiger partial charge in [-0.2, -0.15) is 0 Å². The number of nitrogens with zero attached hydrogens (tertiary/aromatic N) is 1. The lowest BCUT2D eigenvalue weighted by molar-refractivity contribution is -0.122. The molecule has 1 aromatic rings. The fourth-order valence-electron chi connectivity index (χ4n) is 2.33. The molecule has 1 aromatic carbocycles. The van der Waals surface area contributed by atoms with E-state index in [2.05, 4.69) is 20.9 Å². The molecular weight excluding hydrogens is 431 g/mol. The average molecular weight is 460 g/mol. The first-order valence-corrected chi connectivity index (χ1v) is 8.77. The van der Waals surface area contributed by atoms with Crippen molar-refractivity contribution in [1.29, 1.82) is 0 Å². The zero-order chi connectivity index (χ0) is 17.2. The number of aryl methyl sites for hydroxylation is 1. The molecule has 1 fully saturated rings. The number of hydrogen-bond donors (Lipinski definition) is 4. The predicted molar refractivity (Wildman–Crippen MR) is 112 cm³/mol. The quantitative estimate of drug-likeness (QED) is 0.197. The van der Waals surface area contributed by atoms with Crippen LogP contribution in [0.2, 0.25) is 0 Å². The number of guanidine groups is 1. The maximum absolute atomic E-state index is 11.5. The van der Waals surface area contributed by atoms with Crippen LogP contribution in [0.4, 0.5) is 0 Å². The third-order valence-corrected chi connectivity index (χ3v) is 3.84. The number of hydrogen-bond acceptors (Lipinski definition) is 3. The molecule has 1 amide bonds. The van der Waals surface area contributed by atoms with Gasteiger partial charge in [-0.3, -0.25) is 9.79 Å². The van der Waals surface area contributed by atoms with E-state index in [-0.39, 0.29) is 35.8 Å². The van der Waals surface area contributed by atoms with E-state index in [1.165, 1.54) is 5.56 Å². The van der Waals surface area contributed by atoms with Gasteiger partial charge < -0.3 is 21.1 Å². The van der Waals surface area contributed by atoms with Gasteiger partial charge in [0, 0.05) is 32.1 Å². The summed E-state index contributed by atoms with van der Waals surface area (Å²) in [5, 5.41) is 18.6. The predicted octanol–water partition coefficient (Wildman–Crippen LogP) is 2.02. The van der Waals surface area contributed by atoms with Crippen molar-refractivity contribution < 1.29 is 9.90 Å². The summed E-state index contributed by atoms with van der Waals surface area (Å²) in [7, 11) is 0. The summed E-state index contributed by atoms with van der Waals surface area (Å²) in [6.07, 6.45) is 3.94. The van der Waals surface area contributed by atoms with Gasteiger partial charge in [-0.15, -0.1) is 24.0 Å². The van der Waals surface area contributed by atoms with Gasteiger partial charge in [-0.25, -0.2) is 0 Å². The topological polar surface area (TPSA) is 85.8 Å². The van der Waals surface area contributed by atoms with Crippen LogP contribution in [-0.2, 0) is 11.2 Å². The number of halogens is 1. The summed E-state index contributed by atoms with van der Waals surface area (Å²) < 4.78 is 0. The normalized spacial score (nSPS) is 13.7. The van der Waals surface area contributed by atoms with Gasteiger partial charge in [-0.1, -0.05) is 12.1 Å². The fraction of sp³-hybridized carbons (Fsp3) is 0.556. The van der Waals surface area contributed by atoms with E-state index < -0.39 is 0 Å². The Bertz CT molecular complexity index is 545. The number of nitrogens with one attached hydrogen (secondary N) is 3. The van der Waals surface area contributed by atoms with Gasteiger partial charge in [-0.05, 0) is 50.3 Å². The zero-order valence-electron chi connectivity index (χ0n) is 14.8. The third-order valence-electron chi connectivity index (χ3n) is 3.84. The van der Waals surface area contributed by atoms with E-state index in [1.807, 2.05) is 19.1 Å². The number of rotatable bonds is 9. The SMILES string of the molecule is CCNC(=NCCCc1ccc(O)cc1)NCCNC(=O)C1CC1.I. The molecule has 7 heteroatoms. The number of amides is 1. The average Bonchev–Trinajstić information content (AvgIpc) is 3.41. The Balaban J connectivity index is 0.00000312. The molecule has 6 nitrogen and oxygen atoms in total. The minimum atomic E-state index is 0. The van der Waals surface area contributed by atoms with Gasteiger partial charge in [0.1, 0.15) is 5.75 Å². The van der Waals surface area contributed by atoms with Crippen molar-refractivity contribution in [3.05, 3.63) is 29.8 Å². The maximum atomic E-state index is 11.5. The van der Waals surface area contributed by atoms with Crippen LogP contribution in [0, 0.1) is 5.92 Å². The number of carbonyl (C=O) groups excluding carboxylic acids is 1. The van der Waals surface area contributed by atoms with Crippen molar-refractivity contribution in [2.45, 2.75) is 32.6 Å². The summed E-state index contributed by atoms with van der Waals surface area (Å²) >= 11 is 0. The first kappa shape index (κ1) is 21.5. The van der Waals surface area contributed by atoms with Crippen LogP contribution in [-0.4, -0.2) is 43.2 Å². The lowest BCUT2D eigenvalue weighted by Gasteiger charge is -2.11. The molecule has 0 spiro atoms. The van der Waals surface area contributed by atoms with Crippen LogP contribution in [0.15, 0.2) is 29.3 Å². The first-order valence-electron chi connectivity index (χ1n) is 8.77. The number of phenols is 1. The van der Waals surface area contributed by atoms with Gasteiger partial charge in [0.25, 0.3) is 0 Å². The van der Waals surface area contributed by atoms with Crippen LogP contribution in [0.3, 0.4) is 0 Å². The molecular formula is C18H29IN4O2. The molecule has 0 aliphatic heterocycles. The second kappa shape index (κ2) is 11.9. The molecule has 1 saturated carbocycles. The lowest BCUT2D eigenvalue weighted by atomic mass is 10.1. The highest BCUT2D eigenvalue weighted by Gasteiger charge is 2.28. The van der Waals surface area contributed by atoms with Crippen molar-refractivity contribution in [1.82, 2.24) is 16.0 Å². The molecule has 1 aliphatic carbocycles. The molecule has 2 rings (SSSR count). The van der Waals surface area contributed by atoms with Gasteiger partial charge in [0.15, 0.2) is 5.96 Å². The van der Waals surface area contributed by atoms with E-state index in [4.69, 9.17) is 0 Å². The number of phenolic OH excluding ortho intramolecular Hbond substituents is 1. The Labute approximate surface area is 166 Å². The van der Waals surface area contributed by atoms with E-state index in [1.54, 1.807) is 12.1 Å². The van der Waals surface area contributed by atoms with Crippen molar-refractivity contribution in [3.8, 4) is 5.75 Å². The molecule has 140 valence electrons. The Kier molecular flexibility index (Phi) is 10.3. The van der Waals surface area contributed by atoms with E-state index in [0.717, 1.165) is 44.7 Å². The van der Waals surface area contributed by atoms with Gasteiger partial charge >= 0.3 is 0 Å². The fourth-order valence-corrected chi connectivity index (χ4v) is 2.33. The van der Waals surface area contributed by atoms with Crippen LogP contribution < -0.4 is 16.0 Å². The Hall–Kier alpha value is -1.51. The van der Waals surface area contributed by atoms with Gasteiger partial charge in [0.2, 0.25) is 5.91 Å². The Morgan fingerprint density at radius 2 is 1.84 bits per heavy atom. The Morgan fingerprint density at radius 3 is 2.48 bits per heavy atom. The summed E-state index contributed by atoms with van der Waals surface area (Å²) in [6, 6.07) is 7.29. The van der Waals surface area contributed by atoms with E-state index in [9.17, 15) is 9.90 Å². The summed E-state index contributed by atoms with van der Waals surface area (Å²) in [5.41, 5.74) is 1.20. The molecule has 0 atom stereocenters. The second-order valence-electron chi connectivity index (χ2n) is 6.02. The number of carbonyl (C=O) groups is 1. The van der Waals surface area contributed by atoms with Crippen LogP contribution in [0.25, 0.3) is 0 Å². The first-order chi connectivity index (χ1) is 11.7. The molecule has 0 unspecified atom stereocenters. The van der Waals surface area contributed by atoms with Crippen LogP contribution in [0.1, 0.15) is 31.7 Å². The maximum Gasteiger partial charge on any atom is 0.223 e.